The Morgan fingerprint density at radius 1 is 0.750 bits per heavy atom. The highest BCUT2D eigenvalue weighted by Crippen LogP contribution is 2.18. The van der Waals surface area contributed by atoms with Crippen molar-refractivity contribution in [2.45, 2.75) is 5.75 Å². The zero-order valence-corrected chi connectivity index (χ0v) is 9.64. The third-order valence-electron chi connectivity index (χ3n) is 2.16. The number of hydrogen-bond donors (Lipinski definition) is 1. The van der Waals surface area contributed by atoms with Gasteiger partial charge in [0, 0.05) is 5.75 Å². The van der Waals surface area contributed by atoms with E-state index in [2.05, 4.69) is 22.9 Å². The van der Waals surface area contributed by atoms with Gasteiger partial charge in [0.25, 0.3) is 0 Å². The molecule has 0 unspecified atom stereocenters. The van der Waals surface area contributed by atoms with E-state index in [1.54, 1.807) is 0 Å². The summed E-state index contributed by atoms with van der Waals surface area (Å²) in [6.45, 7) is 0. The van der Waals surface area contributed by atoms with Crippen molar-refractivity contribution in [1.29, 1.82) is 0 Å². The van der Waals surface area contributed by atoms with Crippen LogP contribution in [-0.4, -0.2) is 0 Å². The van der Waals surface area contributed by atoms with Gasteiger partial charge in [-0.1, -0.05) is 30.3 Å². The fraction of sp³-hybridized carbons (Fsp3) is 0.0769. The van der Waals surface area contributed by atoms with Crippen LogP contribution in [0, 0.1) is 0 Å². The summed E-state index contributed by atoms with van der Waals surface area (Å²) in [4.78, 5) is 0. The van der Waals surface area contributed by atoms with Crippen LogP contribution >= 0.6 is 12.6 Å². The second-order valence-corrected chi connectivity index (χ2v) is 3.68. The van der Waals surface area contributed by atoms with Crippen molar-refractivity contribution in [3.63, 3.8) is 0 Å². The summed E-state index contributed by atoms with van der Waals surface area (Å²) in [5.41, 5.74) is 2.90. The second kappa shape index (κ2) is 5.47. The molecule has 2 rings (SSSR count). The maximum atomic E-state index is 4.20. The lowest BCUT2D eigenvalue weighted by molar-refractivity contribution is 1.23. The highest BCUT2D eigenvalue weighted by Gasteiger charge is 1.91. The molecule has 2 aromatic carbocycles. The number of azo groups is 1. The van der Waals surface area contributed by atoms with Gasteiger partial charge in [-0.05, 0) is 29.8 Å². The van der Waals surface area contributed by atoms with E-state index >= 15 is 0 Å². The number of hydrogen-bond acceptors (Lipinski definition) is 3. The third kappa shape index (κ3) is 2.94. The fourth-order valence-corrected chi connectivity index (χ4v) is 1.49. The largest absolute Gasteiger partial charge is 0.175 e. The van der Waals surface area contributed by atoms with Gasteiger partial charge in [0.05, 0.1) is 11.4 Å². The van der Waals surface area contributed by atoms with Crippen LogP contribution in [0.5, 0.6) is 0 Å². The molecule has 2 nitrogen and oxygen atoms in total. The summed E-state index contributed by atoms with van der Waals surface area (Å²) >= 11 is 4.20. The molecule has 3 heteroatoms. The molecule has 0 amide bonds. The molecule has 0 heterocycles. The number of rotatable bonds is 3. The van der Waals surface area contributed by atoms with Gasteiger partial charge in [0.15, 0.2) is 0 Å². The van der Waals surface area contributed by atoms with Gasteiger partial charge in [0.1, 0.15) is 0 Å². The van der Waals surface area contributed by atoms with Crippen LogP contribution in [0.3, 0.4) is 0 Å². The normalized spacial score (nSPS) is 10.8. The van der Waals surface area contributed by atoms with Crippen molar-refractivity contribution < 1.29 is 0 Å². The summed E-state index contributed by atoms with van der Waals surface area (Å²) in [5.74, 6) is 0.746. The smallest absolute Gasteiger partial charge is 0.0857 e. The van der Waals surface area contributed by atoms with Crippen molar-refractivity contribution >= 4 is 24.0 Å². The van der Waals surface area contributed by atoms with Crippen LogP contribution in [0.2, 0.25) is 0 Å². The molecule has 0 aromatic heterocycles. The molecule has 0 spiro atoms. The van der Waals surface area contributed by atoms with Crippen LogP contribution < -0.4 is 0 Å². The summed E-state index contributed by atoms with van der Waals surface area (Å²) in [7, 11) is 0. The Hall–Kier alpha value is -1.61. The molecule has 80 valence electrons. The molecule has 0 aliphatic carbocycles. The Kier molecular flexibility index (Phi) is 3.72. The maximum Gasteiger partial charge on any atom is 0.0857 e. The predicted molar refractivity (Wildman–Crippen MR) is 69.8 cm³/mol. The quantitative estimate of drug-likeness (QED) is 0.589. The Labute approximate surface area is 100 Å². The minimum absolute atomic E-state index is 0.746. The first-order valence-electron chi connectivity index (χ1n) is 5.05. The van der Waals surface area contributed by atoms with E-state index in [1.807, 2.05) is 54.6 Å². The van der Waals surface area contributed by atoms with Crippen LogP contribution in [0.1, 0.15) is 5.56 Å². The average molecular weight is 228 g/mol. The maximum absolute atomic E-state index is 4.20. The fourth-order valence-electron chi connectivity index (χ4n) is 1.28. The lowest BCUT2D eigenvalue weighted by Crippen LogP contribution is -1.73. The predicted octanol–water partition coefficient (Wildman–Crippen LogP) is 4.53. The first-order valence-corrected chi connectivity index (χ1v) is 5.68. The van der Waals surface area contributed by atoms with Gasteiger partial charge in [-0.2, -0.15) is 22.9 Å². The lowest BCUT2D eigenvalue weighted by atomic mass is 10.2. The number of thiol groups is 1. The molecule has 0 saturated heterocycles. The van der Waals surface area contributed by atoms with Crippen LogP contribution in [0.25, 0.3) is 0 Å². The van der Waals surface area contributed by atoms with Crippen molar-refractivity contribution in [2.75, 3.05) is 0 Å². The van der Waals surface area contributed by atoms with E-state index in [-0.39, 0.29) is 0 Å². The minimum Gasteiger partial charge on any atom is -0.175 e. The Morgan fingerprint density at radius 2 is 1.31 bits per heavy atom. The van der Waals surface area contributed by atoms with Crippen molar-refractivity contribution in [1.82, 2.24) is 0 Å². The SMILES string of the molecule is SCc1ccc(/N=N/c2ccccc2)cc1. The molecule has 0 aliphatic rings. The first kappa shape index (κ1) is 10.9. The Morgan fingerprint density at radius 3 is 1.88 bits per heavy atom. The summed E-state index contributed by atoms with van der Waals surface area (Å²) in [5, 5.41) is 8.29. The van der Waals surface area contributed by atoms with Gasteiger partial charge in [-0.3, -0.25) is 0 Å². The third-order valence-corrected chi connectivity index (χ3v) is 2.52. The van der Waals surface area contributed by atoms with Crippen LogP contribution in [0.4, 0.5) is 11.4 Å². The van der Waals surface area contributed by atoms with E-state index in [1.165, 1.54) is 5.56 Å². The highest BCUT2D eigenvalue weighted by atomic mass is 32.1. The van der Waals surface area contributed by atoms with Crippen molar-refractivity contribution in [2.24, 2.45) is 10.2 Å². The zero-order chi connectivity index (χ0) is 11.2. The Bertz CT molecular complexity index is 463. The standard InChI is InChI=1S/C13H12N2S/c16-10-11-6-8-13(9-7-11)15-14-12-4-2-1-3-5-12/h1-9,16H,10H2/b15-14+. The van der Waals surface area contributed by atoms with Gasteiger partial charge in [-0.25, -0.2) is 0 Å². The molecule has 0 atom stereocenters. The van der Waals surface area contributed by atoms with Gasteiger partial charge >= 0.3 is 0 Å². The molecule has 0 radical (unpaired) electrons. The molecule has 0 aliphatic heterocycles. The van der Waals surface area contributed by atoms with Crippen molar-refractivity contribution in [3.8, 4) is 0 Å². The van der Waals surface area contributed by atoms with Crippen molar-refractivity contribution in [3.05, 3.63) is 60.2 Å². The zero-order valence-electron chi connectivity index (χ0n) is 8.74. The molecule has 2 aromatic rings. The van der Waals surface area contributed by atoms with Crippen LogP contribution in [0.15, 0.2) is 64.8 Å². The van der Waals surface area contributed by atoms with E-state index in [4.69, 9.17) is 0 Å². The minimum atomic E-state index is 0.746. The van der Waals surface area contributed by atoms with Gasteiger partial charge < -0.3 is 0 Å². The monoisotopic (exact) mass is 228 g/mol. The van der Waals surface area contributed by atoms with E-state index in [9.17, 15) is 0 Å². The summed E-state index contributed by atoms with van der Waals surface area (Å²) in [6.07, 6.45) is 0. The summed E-state index contributed by atoms with van der Waals surface area (Å²) < 4.78 is 0. The number of nitrogens with zero attached hydrogens (tertiary/aromatic N) is 2. The summed E-state index contributed by atoms with van der Waals surface area (Å²) in [6, 6.07) is 17.6. The van der Waals surface area contributed by atoms with Crippen LogP contribution in [-0.2, 0) is 5.75 Å². The van der Waals surface area contributed by atoms with E-state index in [0.29, 0.717) is 0 Å². The average Bonchev–Trinajstić information content (AvgIpc) is 2.38. The number of benzene rings is 2. The second-order valence-electron chi connectivity index (χ2n) is 3.36. The highest BCUT2D eigenvalue weighted by molar-refractivity contribution is 7.79. The van der Waals surface area contributed by atoms with E-state index in [0.717, 1.165) is 17.1 Å². The first-order chi connectivity index (χ1) is 7.88. The molecular formula is C13H12N2S. The molecule has 16 heavy (non-hydrogen) atoms. The lowest BCUT2D eigenvalue weighted by Gasteiger charge is -1.96. The van der Waals surface area contributed by atoms with Gasteiger partial charge in [-0.15, -0.1) is 0 Å². The molecule has 0 fully saturated rings. The van der Waals surface area contributed by atoms with E-state index < -0.39 is 0 Å². The van der Waals surface area contributed by atoms with Gasteiger partial charge in [0.2, 0.25) is 0 Å². The molecule has 0 saturated carbocycles. The molecule has 0 bridgehead atoms. The Balaban J connectivity index is 2.12. The molecule has 0 N–H and O–H groups in total. The topological polar surface area (TPSA) is 24.7 Å². The molecular weight excluding hydrogens is 216 g/mol.